The van der Waals surface area contributed by atoms with Crippen LogP contribution in [0.2, 0.25) is 0 Å². The molecule has 0 saturated heterocycles. The predicted octanol–water partition coefficient (Wildman–Crippen LogP) is 2.04. The molecule has 0 bridgehead atoms. The van der Waals surface area contributed by atoms with Gasteiger partial charge in [0.1, 0.15) is 0 Å². The van der Waals surface area contributed by atoms with E-state index in [2.05, 4.69) is 28.3 Å². The molecule has 0 radical (unpaired) electrons. The molecule has 0 amide bonds. The van der Waals surface area contributed by atoms with Gasteiger partial charge in [-0.25, -0.2) is 0 Å². The van der Waals surface area contributed by atoms with Crippen molar-refractivity contribution in [1.82, 2.24) is 14.7 Å². The topological polar surface area (TPSA) is 41.3 Å². The van der Waals surface area contributed by atoms with Crippen LogP contribution < -0.4 is 0 Å². The van der Waals surface area contributed by atoms with Crippen LogP contribution in [0.15, 0.2) is 36.5 Å². The van der Waals surface area contributed by atoms with E-state index in [9.17, 15) is 5.11 Å². The van der Waals surface area contributed by atoms with Gasteiger partial charge in [-0.3, -0.25) is 9.58 Å². The van der Waals surface area contributed by atoms with E-state index in [4.69, 9.17) is 0 Å². The zero-order chi connectivity index (χ0) is 13.9. The van der Waals surface area contributed by atoms with Gasteiger partial charge in [0.05, 0.1) is 12.3 Å². The molecule has 0 aliphatic heterocycles. The number of benzene rings is 1. The molecule has 1 saturated carbocycles. The SMILES string of the molecule is Cn1cc(CN(CCO)C2CC2)c(-c2ccccc2)n1. The summed E-state index contributed by atoms with van der Waals surface area (Å²) < 4.78 is 1.88. The Morgan fingerprint density at radius 1 is 1.30 bits per heavy atom. The van der Waals surface area contributed by atoms with Gasteiger partial charge in [-0.15, -0.1) is 0 Å². The zero-order valence-electron chi connectivity index (χ0n) is 11.9. The van der Waals surface area contributed by atoms with Crippen molar-refractivity contribution in [1.29, 1.82) is 0 Å². The average molecular weight is 271 g/mol. The second kappa shape index (κ2) is 5.77. The summed E-state index contributed by atoms with van der Waals surface area (Å²) in [4.78, 5) is 2.36. The lowest BCUT2D eigenvalue weighted by atomic mass is 10.1. The summed E-state index contributed by atoms with van der Waals surface area (Å²) in [5.74, 6) is 0. The van der Waals surface area contributed by atoms with Crippen LogP contribution in [0.4, 0.5) is 0 Å². The minimum Gasteiger partial charge on any atom is -0.395 e. The van der Waals surface area contributed by atoms with E-state index >= 15 is 0 Å². The minimum atomic E-state index is 0.220. The first kappa shape index (κ1) is 13.3. The predicted molar refractivity (Wildman–Crippen MR) is 79.2 cm³/mol. The van der Waals surface area contributed by atoms with Gasteiger partial charge in [-0.2, -0.15) is 5.10 Å². The summed E-state index contributed by atoms with van der Waals surface area (Å²) in [6.45, 7) is 1.83. The van der Waals surface area contributed by atoms with E-state index in [0.717, 1.165) is 24.3 Å². The van der Waals surface area contributed by atoms with Crippen molar-refractivity contribution < 1.29 is 5.11 Å². The number of aliphatic hydroxyl groups excluding tert-OH is 1. The Kier molecular flexibility index (Phi) is 3.85. The monoisotopic (exact) mass is 271 g/mol. The van der Waals surface area contributed by atoms with Crippen molar-refractivity contribution in [3.63, 3.8) is 0 Å². The molecule has 106 valence electrons. The van der Waals surface area contributed by atoms with Gasteiger partial charge in [0, 0.05) is 43.5 Å². The fourth-order valence-corrected chi connectivity index (χ4v) is 2.67. The molecule has 0 atom stereocenters. The third kappa shape index (κ3) is 2.92. The number of rotatable bonds is 6. The molecule has 20 heavy (non-hydrogen) atoms. The number of hydrogen-bond donors (Lipinski definition) is 1. The van der Waals surface area contributed by atoms with Gasteiger partial charge in [-0.1, -0.05) is 30.3 Å². The van der Waals surface area contributed by atoms with Crippen LogP contribution in [0.3, 0.4) is 0 Å². The Morgan fingerprint density at radius 2 is 2.05 bits per heavy atom. The van der Waals surface area contributed by atoms with Crippen LogP contribution in [0.1, 0.15) is 18.4 Å². The van der Waals surface area contributed by atoms with Crippen LogP contribution in [0.5, 0.6) is 0 Å². The average Bonchev–Trinajstić information content (AvgIpc) is 3.24. The Hall–Kier alpha value is -1.65. The van der Waals surface area contributed by atoms with Crippen LogP contribution in [0, 0.1) is 0 Å². The summed E-state index contributed by atoms with van der Waals surface area (Å²) in [5, 5.41) is 13.8. The lowest BCUT2D eigenvalue weighted by Gasteiger charge is -2.20. The highest BCUT2D eigenvalue weighted by Crippen LogP contribution is 2.30. The summed E-state index contributed by atoms with van der Waals surface area (Å²) >= 11 is 0. The standard InChI is InChI=1S/C16H21N3O/c1-18-11-14(12-19(9-10-20)15-7-8-15)16(17-18)13-5-3-2-4-6-13/h2-6,11,15,20H,7-10,12H2,1H3. The molecule has 0 spiro atoms. The molecule has 1 fully saturated rings. The quantitative estimate of drug-likeness (QED) is 0.874. The molecule has 1 aromatic heterocycles. The highest BCUT2D eigenvalue weighted by atomic mass is 16.3. The summed E-state index contributed by atoms with van der Waals surface area (Å²) in [6, 6.07) is 10.9. The molecule has 4 nitrogen and oxygen atoms in total. The number of aliphatic hydroxyl groups is 1. The Bertz CT molecular complexity index is 560. The highest BCUT2D eigenvalue weighted by molar-refractivity contribution is 5.62. The molecule has 0 unspecified atom stereocenters. The molecule has 1 aliphatic carbocycles. The van der Waals surface area contributed by atoms with E-state index < -0.39 is 0 Å². The normalized spacial score (nSPS) is 14.9. The third-order valence-corrected chi connectivity index (χ3v) is 3.78. The summed E-state index contributed by atoms with van der Waals surface area (Å²) in [6.07, 6.45) is 4.59. The summed E-state index contributed by atoms with van der Waals surface area (Å²) in [5.41, 5.74) is 3.44. The third-order valence-electron chi connectivity index (χ3n) is 3.78. The van der Waals surface area contributed by atoms with Crippen molar-refractivity contribution in [2.45, 2.75) is 25.4 Å². The van der Waals surface area contributed by atoms with E-state index in [-0.39, 0.29) is 6.61 Å². The van der Waals surface area contributed by atoms with Gasteiger partial charge in [0.2, 0.25) is 0 Å². The van der Waals surface area contributed by atoms with Crippen LogP contribution >= 0.6 is 0 Å². The Balaban J connectivity index is 1.85. The van der Waals surface area contributed by atoms with Crippen molar-refractivity contribution >= 4 is 0 Å². The lowest BCUT2D eigenvalue weighted by Crippen LogP contribution is -2.28. The fraction of sp³-hybridized carbons (Fsp3) is 0.438. The van der Waals surface area contributed by atoms with Crippen molar-refractivity contribution in [3.05, 3.63) is 42.1 Å². The van der Waals surface area contributed by atoms with Crippen LogP contribution in [-0.4, -0.2) is 39.0 Å². The van der Waals surface area contributed by atoms with Gasteiger partial charge in [0.15, 0.2) is 0 Å². The molecule has 1 heterocycles. The maximum Gasteiger partial charge on any atom is 0.0968 e. The number of aryl methyl sites for hydroxylation is 1. The molecule has 1 N–H and O–H groups in total. The van der Waals surface area contributed by atoms with E-state index in [0.29, 0.717) is 6.04 Å². The first-order chi connectivity index (χ1) is 9.78. The van der Waals surface area contributed by atoms with Crippen molar-refractivity contribution in [2.24, 2.45) is 7.05 Å². The Labute approximate surface area is 119 Å². The van der Waals surface area contributed by atoms with Crippen molar-refractivity contribution in [3.8, 4) is 11.3 Å². The molecule has 4 heteroatoms. The maximum atomic E-state index is 9.22. The lowest BCUT2D eigenvalue weighted by molar-refractivity contribution is 0.183. The van der Waals surface area contributed by atoms with E-state index in [1.807, 2.05) is 29.9 Å². The minimum absolute atomic E-state index is 0.220. The molecular weight excluding hydrogens is 250 g/mol. The summed E-state index contributed by atoms with van der Waals surface area (Å²) in [7, 11) is 1.96. The number of aromatic nitrogens is 2. The second-order valence-corrected chi connectivity index (χ2v) is 5.47. The fourth-order valence-electron chi connectivity index (χ4n) is 2.67. The van der Waals surface area contributed by atoms with E-state index in [1.165, 1.54) is 18.4 Å². The largest absolute Gasteiger partial charge is 0.395 e. The van der Waals surface area contributed by atoms with Gasteiger partial charge < -0.3 is 5.11 Å². The second-order valence-electron chi connectivity index (χ2n) is 5.47. The molecule has 3 rings (SSSR count). The van der Waals surface area contributed by atoms with E-state index in [1.54, 1.807) is 0 Å². The highest BCUT2D eigenvalue weighted by Gasteiger charge is 2.29. The zero-order valence-corrected chi connectivity index (χ0v) is 11.9. The number of nitrogens with zero attached hydrogens (tertiary/aromatic N) is 3. The van der Waals surface area contributed by atoms with Crippen molar-refractivity contribution in [2.75, 3.05) is 13.2 Å². The smallest absolute Gasteiger partial charge is 0.0968 e. The first-order valence-corrected chi connectivity index (χ1v) is 7.21. The molecule has 2 aromatic rings. The van der Waals surface area contributed by atoms with Gasteiger partial charge in [0.25, 0.3) is 0 Å². The number of hydrogen-bond acceptors (Lipinski definition) is 3. The first-order valence-electron chi connectivity index (χ1n) is 7.21. The molecular formula is C16H21N3O. The van der Waals surface area contributed by atoms with Crippen LogP contribution in [-0.2, 0) is 13.6 Å². The van der Waals surface area contributed by atoms with Gasteiger partial charge in [-0.05, 0) is 12.8 Å². The molecule has 1 aromatic carbocycles. The van der Waals surface area contributed by atoms with Gasteiger partial charge >= 0.3 is 0 Å². The Morgan fingerprint density at radius 3 is 2.70 bits per heavy atom. The van der Waals surface area contributed by atoms with Crippen LogP contribution in [0.25, 0.3) is 11.3 Å². The maximum absolute atomic E-state index is 9.22. The molecule has 1 aliphatic rings.